The lowest BCUT2D eigenvalue weighted by molar-refractivity contribution is -0.141. The van der Waals surface area contributed by atoms with Gasteiger partial charge in [-0.3, -0.25) is 9.59 Å². The normalized spacial score (nSPS) is 20.1. The van der Waals surface area contributed by atoms with Crippen LogP contribution in [0.1, 0.15) is 41.0 Å². The first kappa shape index (κ1) is 16.2. The molecule has 1 heterocycles. The number of carbonyl (C=O) groups is 2. The molecule has 0 saturated heterocycles. The molecule has 1 saturated carbocycles. The molecule has 0 bridgehead atoms. The van der Waals surface area contributed by atoms with E-state index in [-0.39, 0.29) is 17.9 Å². The van der Waals surface area contributed by atoms with Crippen LogP contribution in [0.25, 0.3) is 5.69 Å². The Morgan fingerprint density at radius 2 is 1.92 bits per heavy atom. The first-order chi connectivity index (χ1) is 11.4. The van der Waals surface area contributed by atoms with E-state index in [1.165, 1.54) is 0 Å². The molecule has 2 atom stereocenters. The number of aryl methyl sites for hydroxylation is 2. The molecule has 0 unspecified atom stereocenters. The minimum Gasteiger partial charge on any atom is -0.481 e. The molecule has 1 aliphatic rings. The molecule has 126 valence electrons. The number of benzene rings is 1. The van der Waals surface area contributed by atoms with E-state index in [0.717, 1.165) is 16.9 Å². The standard InChI is InChI=1S/C18H21N3O3/c1-11-3-7-15(8-4-11)21-12(2)9-16(20-21)17(22)19-14-6-5-13(10-14)18(23)24/h3-4,7-9,13-14H,5-6,10H2,1-2H3,(H,19,22)(H,23,24)/t13-,14+/m1/s1. The van der Waals surface area contributed by atoms with E-state index in [2.05, 4.69) is 10.4 Å². The molecule has 24 heavy (non-hydrogen) atoms. The second kappa shape index (κ2) is 6.47. The average molecular weight is 327 g/mol. The fourth-order valence-electron chi connectivity index (χ4n) is 3.13. The highest BCUT2D eigenvalue weighted by molar-refractivity contribution is 5.92. The number of carboxylic acids is 1. The molecule has 1 fully saturated rings. The van der Waals surface area contributed by atoms with Gasteiger partial charge >= 0.3 is 5.97 Å². The number of rotatable bonds is 4. The first-order valence-corrected chi connectivity index (χ1v) is 8.11. The number of nitrogens with zero attached hydrogens (tertiary/aromatic N) is 2. The third-order valence-electron chi connectivity index (χ3n) is 4.52. The zero-order chi connectivity index (χ0) is 17.3. The monoisotopic (exact) mass is 327 g/mol. The van der Waals surface area contributed by atoms with E-state index in [4.69, 9.17) is 5.11 Å². The van der Waals surface area contributed by atoms with Crippen LogP contribution >= 0.6 is 0 Å². The van der Waals surface area contributed by atoms with Gasteiger partial charge in [0, 0.05) is 11.7 Å². The fraction of sp³-hybridized carbons (Fsp3) is 0.389. The van der Waals surface area contributed by atoms with Crippen LogP contribution < -0.4 is 5.32 Å². The van der Waals surface area contributed by atoms with Crippen molar-refractivity contribution >= 4 is 11.9 Å². The molecule has 0 radical (unpaired) electrons. The number of nitrogens with one attached hydrogen (secondary N) is 1. The zero-order valence-electron chi connectivity index (χ0n) is 13.8. The van der Waals surface area contributed by atoms with Gasteiger partial charge in [-0.15, -0.1) is 0 Å². The number of aliphatic carboxylic acids is 1. The fourth-order valence-corrected chi connectivity index (χ4v) is 3.13. The van der Waals surface area contributed by atoms with Crippen LogP contribution in [0.4, 0.5) is 0 Å². The van der Waals surface area contributed by atoms with E-state index in [0.29, 0.717) is 25.0 Å². The quantitative estimate of drug-likeness (QED) is 0.903. The second-order valence-corrected chi connectivity index (χ2v) is 6.44. The van der Waals surface area contributed by atoms with Gasteiger partial charge in [0.15, 0.2) is 5.69 Å². The van der Waals surface area contributed by atoms with Crippen LogP contribution in [0.3, 0.4) is 0 Å². The van der Waals surface area contributed by atoms with Crippen LogP contribution in [0.2, 0.25) is 0 Å². The number of carbonyl (C=O) groups excluding carboxylic acids is 1. The number of aromatic nitrogens is 2. The SMILES string of the molecule is Cc1ccc(-n2nc(C(=O)N[C@H]3CC[C@@H](C(=O)O)C3)cc2C)cc1. The molecule has 6 heteroatoms. The van der Waals surface area contributed by atoms with Crippen molar-refractivity contribution in [3.63, 3.8) is 0 Å². The summed E-state index contributed by atoms with van der Waals surface area (Å²) in [6.07, 6.45) is 1.79. The van der Waals surface area contributed by atoms with Crippen LogP contribution in [0, 0.1) is 19.8 Å². The summed E-state index contributed by atoms with van der Waals surface area (Å²) in [5.41, 5.74) is 3.30. The minimum atomic E-state index is -0.786. The molecule has 0 spiro atoms. The topological polar surface area (TPSA) is 84.2 Å². The maximum absolute atomic E-state index is 12.4. The van der Waals surface area contributed by atoms with Crippen molar-refractivity contribution in [2.24, 2.45) is 5.92 Å². The number of hydrogen-bond donors (Lipinski definition) is 2. The van der Waals surface area contributed by atoms with Crippen LogP contribution in [-0.2, 0) is 4.79 Å². The van der Waals surface area contributed by atoms with Crippen molar-refractivity contribution in [3.8, 4) is 5.69 Å². The van der Waals surface area contributed by atoms with Gasteiger partial charge in [-0.1, -0.05) is 17.7 Å². The Labute approximate surface area is 140 Å². The van der Waals surface area contributed by atoms with Crippen LogP contribution in [0.5, 0.6) is 0 Å². The van der Waals surface area contributed by atoms with Crippen molar-refractivity contribution < 1.29 is 14.7 Å². The summed E-state index contributed by atoms with van der Waals surface area (Å²) in [5.74, 6) is -1.40. The molecule has 1 aromatic carbocycles. The summed E-state index contributed by atoms with van der Waals surface area (Å²) in [7, 11) is 0. The maximum Gasteiger partial charge on any atom is 0.306 e. The summed E-state index contributed by atoms with van der Waals surface area (Å²) in [5, 5.41) is 16.3. The Kier molecular flexibility index (Phi) is 4.38. The molecule has 6 nitrogen and oxygen atoms in total. The van der Waals surface area contributed by atoms with Crippen molar-refractivity contribution in [2.45, 2.75) is 39.2 Å². The third-order valence-corrected chi connectivity index (χ3v) is 4.52. The molecule has 2 aromatic rings. The highest BCUT2D eigenvalue weighted by Crippen LogP contribution is 2.26. The maximum atomic E-state index is 12.4. The van der Waals surface area contributed by atoms with Gasteiger partial charge in [0.05, 0.1) is 11.6 Å². The van der Waals surface area contributed by atoms with E-state index >= 15 is 0 Å². The third kappa shape index (κ3) is 3.32. The van der Waals surface area contributed by atoms with Crippen molar-refractivity contribution in [2.75, 3.05) is 0 Å². The van der Waals surface area contributed by atoms with E-state index in [1.807, 2.05) is 38.1 Å². The highest BCUT2D eigenvalue weighted by Gasteiger charge is 2.31. The van der Waals surface area contributed by atoms with Crippen LogP contribution in [-0.4, -0.2) is 32.8 Å². The van der Waals surface area contributed by atoms with Crippen molar-refractivity contribution in [3.05, 3.63) is 47.3 Å². The highest BCUT2D eigenvalue weighted by atomic mass is 16.4. The summed E-state index contributed by atoms with van der Waals surface area (Å²) in [4.78, 5) is 23.4. The summed E-state index contributed by atoms with van der Waals surface area (Å²) >= 11 is 0. The lowest BCUT2D eigenvalue weighted by Crippen LogP contribution is -2.33. The average Bonchev–Trinajstić information content (AvgIpc) is 3.15. The van der Waals surface area contributed by atoms with Gasteiger partial charge in [0.1, 0.15) is 0 Å². The van der Waals surface area contributed by atoms with Gasteiger partial charge in [0.2, 0.25) is 0 Å². The molecule has 1 aliphatic carbocycles. The predicted octanol–water partition coefficient (Wildman–Crippen LogP) is 2.47. The van der Waals surface area contributed by atoms with Crippen molar-refractivity contribution in [1.29, 1.82) is 0 Å². The summed E-state index contributed by atoms with van der Waals surface area (Å²) in [6.45, 7) is 3.92. The Balaban J connectivity index is 1.71. The first-order valence-electron chi connectivity index (χ1n) is 8.11. The predicted molar refractivity (Wildman–Crippen MR) is 89.3 cm³/mol. The second-order valence-electron chi connectivity index (χ2n) is 6.44. The molecule has 1 aromatic heterocycles. The summed E-state index contributed by atoms with van der Waals surface area (Å²) < 4.78 is 1.74. The van der Waals surface area contributed by atoms with E-state index in [1.54, 1.807) is 10.7 Å². The Bertz CT molecular complexity index is 764. The number of hydrogen-bond acceptors (Lipinski definition) is 3. The van der Waals surface area contributed by atoms with Gasteiger partial charge in [-0.2, -0.15) is 5.10 Å². The van der Waals surface area contributed by atoms with Gasteiger partial charge in [-0.25, -0.2) is 4.68 Å². The van der Waals surface area contributed by atoms with E-state index < -0.39 is 5.97 Å². The molecule has 3 rings (SSSR count). The smallest absolute Gasteiger partial charge is 0.306 e. The molecule has 1 amide bonds. The molecule has 0 aliphatic heterocycles. The Morgan fingerprint density at radius 1 is 1.21 bits per heavy atom. The van der Waals surface area contributed by atoms with E-state index in [9.17, 15) is 9.59 Å². The molecular weight excluding hydrogens is 306 g/mol. The lowest BCUT2D eigenvalue weighted by Gasteiger charge is -2.11. The molecule has 2 N–H and O–H groups in total. The Hall–Kier alpha value is -2.63. The zero-order valence-corrected chi connectivity index (χ0v) is 13.8. The lowest BCUT2D eigenvalue weighted by atomic mass is 10.1. The largest absolute Gasteiger partial charge is 0.481 e. The number of amides is 1. The summed E-state index contributed by atoms with van der Waals surface area (Å²) in [6, 6.07) is 9.58. The van der Waals surface area contributed by atoms with Gasteiger partial charge in [-0.05, 0) is 51.3 Å². The van der Waals surface area contributed by atoms with Gasteiger partial charge < -0.3 is 10.4 Å². The van der Waals surface area contributed by atoms with Crippen LogP contribution in [0.15, 0.2) is 30.3 Å². The minimum absolute atomic E-state index is 0.0940. The number of carboxylic acid groups (broad SMARTS) is 1. The van der Waals surface area contributed by atoms with Gasteiger partial charge in [0.25, 0.3) is 5.91 Å². The molecular formula is C18H21N3O3. The Morgan fingerprint density at radius 3 is 2.54 bits per heavy atom. The van der Waals surface area contributed by atoms with Crippen molar-refractivity contribution in [1.82, 2.24) is 15.1 Å².